The summed E-state index contributed by atoms with van der Waals surface area (Å²) in [4.78, 5) is 13.5. The van der Waals surface area contributed by atoms with Gasteiger partial charge in [-0.05, 0) is 24.3 Å². The first-order chi connectivity index (χ1) is 9.13. The Morgan fingerprint density at radius 2 is 2.11 bits per heavy atom. The number of halogens is 1. The maximum atomic E-state index is 12.9. The molecule has 0 saturated carbocycles. The highest BCUT2D eigenvalue weighted by atomic mass is 19.1. The minimum atomic E-state index is -0.339. The summed E-state index contributed by atoms with van der Waals surface area (Å²) in [5.41, 5.74) is 1.61. The van der Waals surface area contributed by atoms with Gasteiger partial charge in [0.1, 0.15) is 5.82 Å². The van der Waals surface area contributed by atoms with E-state index in [9.17, 15) is 9.18 Å². The van der Waals surface area contributed by atoms with Crippen LogP contribution in [0, 0.1) is 5.82 Å². The molecule has 100 valence electrons. The van der Waals surface area contributed by atoms with E-state index >= 15 is 0 Å². The highest BCUT2D eigenvalue weighted by Gasteiger charge is 2.18. The topological polar surface area (TPSA) is 69.2 Å². The largest absolute Gasteiger partial charge is 0.395 e. The summed E-state index contributed by atoms with van der Waals surface area (Å²) in [6.07, 6.45) is 1.43. The van der Waals surface area contributed by atoms with Crippen molar-refractivity contribution in [3.63, 3.8) is 0 Å². The number of benzene rings is 1. The number of nitrogens with one attached hydrogen (secondary N) is 1. The number of aliphatic hydroxyl groups is 1. The second kappa shape index (κ2) is 5.62. The van der Waals surface area contributed by atoms with Crippen molar-refractivity contribution in [3.05, 3.63) is 41.8 Å². The number of likely N-dealkylation sites (N-methyl/N-ethyl adjacent to an activating group) is 1. The molecule has 1 heterocycles. The first-order valence-electron chi connectivity index (χ1n) is 5.79. The second-order valence-electron chi connectivity index (χ2n) is 4.12. The van der Waals surface area contributed by atoms with Gasteiger partial charge in [-0.3, -0.25) is 9.89 Å². The standard InChI is InChI=1S/C13H14FN3O2/c1-17(6-7-18)13(19)11-8-15-16-12(11)9-2-4-10(14)5-3-9/h2-5,8,18H,6-7H2,1H3,(H,15,16). The molecule has 6 heteroatoms. The number of amides is 1. The highest BCUT2D eigenvalue weighted by molar-refractivity contribution is 5.99. The fourth-order valence-electron chi connectivity index (χ4n) is 1.74. The van der Waals surface area contributed by atoms with Crippen LogP contribution >= 0.6 is 0 Å². The Labute approximate surface area is 109 Å². The summed E-state index contributed by atoms with van der Waals surface area (Å²) >= 11 is 0. The smallest absolute Gasteiger partial charge is 0.257 e. The molecule has 0 spiro atoms. The third-order valence-electron chi connectivity index (χ3n) is 2.78. The number of aliphatic hydroxyl groups excluding tert-OH is 1. The van der Waals surface area contributed by atoms with Crippen molar-refractivity contribution >= 4 is 5.91 Å². The van der Waals surface area contributed by atoms with Gasteiger partial charge in [-0.1, -0.05) is 0 Å². The molecule has 1 aromatic carbocycles. The van der Waals surface area contributed by atoms with Gasteiger partial charge in [-0.2, -0.15) is 5.10 Å². The Morgan fingerprint density at radius 3 is 2.74 bits per heavy atom. The third-order valence-corrected chi connectivity index (χ3v) is 2.78. The number of rotatable bonds is 4. The van der Waals surface area contributed by atoms with Crippen LogP contribution in [-0.2, 0) is 0 Å². The lowest BCUT2D eigenvalue weighted by Gasteiger charge is -2.15. The van der Waals surface area contributed by atoms with Gasteiger partial charge >= 0.3 is 0 Å². The van der Waals surface area contributed by atoms with Gasteiger partial charge in [0.2, 0.25) is 0 Å². The van der Waals surface area contributed by atoms with Crippen LogP contribution in [0.4, 0.5) is 4.39 Å². The number of carbonyl (C=O) groups excluding carboxylic acids is 1. The van der Waals surface area contributed by atoms with Crippen molar-refractivity contribution in [1.82, 2.24) is 15.1 Å². The molecule has 5 nitrogen and oxygen atoms in total. The Balaban J connectivity index is 2.32. The Morgan fingerprint density at radius 1 is 1.42 bits per heavy atom. The summed E-state index contributed by atoms with van der Waals surface area (Å²) in [5, 5.41) is 15.4. The number of aromatic amines is 1. The summed E-state index contributed by atoms with van der Waals surface area (Å²) in [5.74, 6) is -0.587. The summed E-state index contributed by atoms with van der Waals surface area (Å²) in [6.45, 7) is 0.138. The SMILES string of the molecule is CN(CCO)C(=O)c1cn[nH]c1-c1ccc(F)cc1. The zero-order chi connectivity index (χ0) is 13.8. The number of hydrogen-bond acceptors (Lipinski definition) is 3. The lowest BCUT2D eigenvalue weighted by molar-refractivity contribution is 0.0768. The molecule has 0 fully saturated rings. The maximum absolute atomic E-state index is 12.9. The maximum Gasteiger partial charge on any atom is 0.257 e. The molecule has 2 aromatic rings. The van der Waals surface area contributed by atoms with E-state index in [1.807, 2.05) is 0 Å². The van der Waals surface area contributed by atoms with Gasteiger partial charge in [0.05, 0.1) is 24.1 Å². The monoisotopic (exact) mass is 263 g/mol. The lowest BCUT2D eigenvalue weighted by atomic mass is 10.1. The Kier molecular flexibility index (Phi) is 3.91. The minimum absolute atomic E-state index is 0.105. The molecule has 0 radical (unpaired) electrons. The van der Waals surface area contributed by atoms with Gasteiger partial charge in [0.15, 0.2) is 0 Å². The van der Waals surface area contributed by atoms with Crippen LogP contribution in [0.5, 0.6) is 0 Å². The van der Waals surface area contributed by atoms with E-state index in [2.05, 4.69) is 10.2 Å². The summed E-state index contributed by atoms with van der Waals surface area (Å²) < 4.78 is 12.9. The van der Waals surface area contributed by atoms with Gasteiger partial charge in [-0.15, -0.1) is 0 Å². The molecule has 1 amide bonds. The van der Waals surface area contributed by atoms with E-state index in [-0.39, 0.29) is 24.9 Å². The second-order valence-corrected chi connectivity index (χ2v) is 4.12. The fraction of sp³-hybridized carbons (Fsp3) is 0.231. The normalized spacial score (nSPS) is 10.5. The molecule has 0 aliphatic heterocycles. The molecule has 2 N–H and O–H groups in total. The van der Waals surface area contributed by atoms with Crippen molar-refractivity contribution < 1.29 is 14.3 Å². The van der Waals surface area contributed by atoms with Gasteiger partial charge in [-0.25, -0.2) is 4.39 Å². The van der Waals surface area contributed by atoms with Crippen molar-refractivity contribution in [3.8, 4) is 11.3 Å². The van der Waals surface area contributed by atoms with Gasteiger partial charge in [0.25, 0.3) is 5.91 Å². The number of aromatic nitrogens is 2. The van der Waals surface area contributed by atoms with Crippen molar-refractivity contribution in [2.75, 3.05) is 20.2 Å². The van der Waals surface area contributed by atoms with Crippen molar-refractivity contribution in [1.29, 1.82) is 0 Å². The molecule has 0 bridgehead atoms. The average molecular weight is 263 g/mol. The Bertz CT molecular complexity index is 566. The molecule has 0 aliphatic rings. The minimum Gasteiger partial charge on any atom is -0.395 e. The Hall–Kier alpha value is -2.21. The highest BCUT2D eigenvalue weighted by Crippen LogP contribution is 2.22. The van der Waals surface area contributed by atoms with Crippen molar-refractivity contribution in [2.45, 2.75) is 0 Å². The fourth-order valence-corrected chi connectivity index (χ4v) is 1.74. The molecule has 0 unspecified atom stereocenters. The average Bonchev–Trinajstić information content (AvgIpc) is 2.88. The molecule has 2 rings (SSSR count). The number of hydrogen-bond donors (Lipinski definition) is 2. The first kappa shape index (κ1) is 13.2. The van der Waals surface area contributed by atoms with E-state index in [1.165, 1.54) is 23.2 Å². The summed E-state index contributed by atoms with van der Waals surface area (Å²) in [7, 11) is 1.60. The predicted octanol–water partition coefficient (Wildman–Crippen LogP) is 1.28. The van der Waals surface area contributed by atoms with Gasteiger partial charge in [0, 0.05) is 19.2 Å². The van der Waals surface area contributed by atoms with Crippen LogP contribution < -0.4 is 0 Å². The molecular weight excluding hydrogens is 249 g/mol. The lowest BCUT2D eigenvalue weighted by Crippen LogP contribution is -2.29. The zero-order valence-corrected chi connectivity index (χ0v) is 10.4. The molecule has 19 heavy (non-hydrogen) atoms. The predicted molar refractivity (Wildman–Crippen MR) is 68.0 cm³/mol. The molecular formula is C13H14FN3O2. The van der Waals surface area contributed by atoms with Crippen LogP contribution in [0.3, 0.4) is 0 Å². The van der Waals surface area contributed by atoms with Crippen LogP contribution in [0.1, 0.15) is 10.4 Å². The first-order valence-corrected chi connectivity index (χ1v) is 5.79. The van der Waals surface area contributed by atoms with Crippen LogP contribution in [0.15, 0.2) is 30.5 Å². The quantitative estimate of drug-likeness (QED) is 0.873. The number of H-pyrrole nitrogens is 1. The molecule has 0 saturated heterocycles. The van der Waals surface area contributed by atoms with E-state index < -0.39 is 0 Å². The zero-order valence-electron chi connectivity index (χ0n) is 10.4. The molecule has 0 aliphatic carbocycles. The summed E-state index contributed by atoms with van der Waals surface area (Å²) in [6, 6.07) is 5.79. The number of nitrogens with zero attached hydrogens (tertiary/aromatic N) is 2. The van der Waals surface area contributed by atoms with Crippen LogP contribution in [-0.4, -0.2) is 46.3 Å². The molecule has 1 aromatic heterocycles. The van der Waals surface area contributed by atoms with Crippen LogP contribution in [0.2, 0.25) is 0 Å². The number of carbonyl (C=O) groups is 1. The van der Waals surface area contributed by atoms with E-state index in [0.717, 1.165) is 0 Å². The van der Waals surface area contributed by atoms with E-state index in [1.54, 1.807) is 19.2 Å². The third kappa shape index (κ3) is 2.79. The van der Waals surface area contributed by atoms with Crippen molar-refractivity contribution in [2.24, 2.45) is 0 Å². The van der Waals surface area contributed by atoms with Gasteiger partial charge < -0.3 is 10.0 Å². The molecule has 0 atom stereocenters. The van der Waals surface area contributed by atoms with E-state index in [4.69, 9.17) is 5.11 Å². The van der Waals surface area contributed by atoms with E-state index in [0.29, 0.717) is 16.8 Å². The van der Waals surface area contributed by atoms with Crippen LogP contribution in [0.25, 0.3) is 11.3 Å².